The van der Waals surface area contributed by atoms with E-state index in [4.69, 9.17) is 5.73 Å². The minimum absolute atomic E-state index is 0.253. The van der Waals surface area contributed by atoms with E-state index in [1.54, 1.807) is 0 Å². The Balaban J connectivity index is 2.75. The van der Waals surface area contributed by atoms with Gasteiger partial charge in [0.25, 0.3) is 0 Å². The zero-order chi connectivity index (χ0) is 7.11. The summed E-state index contributed by atoms with van der Waals surface area (Å²) in [5.41, 5.74) is 5.31. The molecule has 1 nitrogen and oxygen atoms in total. The van der Waals surface area contributed by atoms with E-state index in [1.807, 2.05) is 0 Å². The quantitative estimate of drug-likeness (QED) is 0.323. The third-order valence-electron chi connectivity index (χ3n) is 1.17. The highest BCUT2D eigenvalue weighted by Gasteiger charge is 1.93. The summed E-state index contributed by atoms with van der Waals surface area (Å²) in [6.07, 6.45) is 4.64. The van der Waals surface area contributed by atoms with E-state index >= 15 is 0 Å². The van der Waals surface area contributed by atoms with Gasteiger partial charge in [0.1, 0.15) is 0 Å². The maximum Gasteiger partial charge on any atom is 0.0442 e. The number of hydrogen-bond acceptors (Lipinski definition) is 3. The summed E-state index contributed by atoms with van der Waals surface area (Å²) in [6, 6.07) is 0. The second-order valence-electron chi connectivity index (χ2n) is 2.12. The van der Waals surface area contributed by atoms with Crippen LogP contribution in [0.4, 0.5) is 0 Å². The average Bonchev–Trinajstić information content (AvgIpc) is 1.80. The summed E-state index contributed by atoms with van der Waals surface area (Å²) >= 11 is 8.27. The van der Waals surface area contributed by atoms with E-state index in [2.05, 4.69) is 25.3 Å². The summed E-state index contributed by atoms with van der Waals surface area (Å²) in [5, 5.41) is 0. The molecule has 0 amide bonds. The monoisotopic (exact) mass is 165 g/mol. The SMILES string of the molecule is NCCCCCC(S)S. The first-order valence-electron chi connectivity index (χ1n) is 3.33. The fraction of sp³-hybridized carbons (Fsp3) is 1.00. The zero-order valence-electron chi connectivity index (χ0n) is 5.58. The summed E-state index contributed by atoms with van der Waals surface area (Å²) in [5.74, 6) is 0. The highest BCUT2D eigenvalue weighted by molar-refractivity contribution is 7.99. The van der Waals surface area contributed by atoms with Crippen LogP contribution in [0.15, 0.2) is 0 Å². The van der Waals surface area contributed by atoms with E-state index in [0.717, 1.165) is 19.4 Å². The largest absolute Gasteiger partial charge is 0.330 e. The standard InChI is InChI=1S/C6H15NS2/c7-5-3-1-2-4-6(8)9/h6,8-9H,1-5,7H2. The molecule has 0 fully saturated rings. The highest BCUT2D eigenvalue weighted by atomic mass is 32.2. The number of hydrogen-bond donors (Lipinski definition) is 3. The smallest absolute Gasteiger partial charge is 0.0442 e. The Morgan fingerprint density at radius 1 is 1.11 bits per heavy atom. The van der Waals surface area contributed by atoms with Gasteiger partial charge in [-0.2, -0.15) is 25.3 Å². The van der Waals surface area contributed by atoms with E-state index in [-0.39, 0.29) is 4.58 Å². The minimum Gasteiger partial charge on any atom is -0.330 e. The molecule has 0 aromatic rings. The van der Waals surface area contributed by atoms with Crippen molar-refractivity contribution >= 4 is 25.3 Å². The molecule has 0 aliphatic heterocycles. The maximum absolute atomic E-state index is 5.31. The molecular weight excluding hydrogens is 150 g/mol. The van der Waals surface area contributed by atoms with Crippen LogP contribution in [0, 0.1) is 0 Å². The van der Waals surface area contributed by atoms with Gasteiger partial charge in [-0.3, -0.25) is 0 Å². The molecule has 0 aliphatic carbocycles. The van der Waals surface area contributed by atoms with E-state index in [1.165, 1.54) is 12.8 Å². The number of thiol groups is 2. The van der Waals surface area contributed by atoms with Crippen LogP contribution in [0.25, 0.3) is 0 Å². The van der Waals surface area contributed by atoms with E-state index in [0.29, 0.717) is 0 Å². The van der Waals surface area contributed by atoms with Gasteiger partial charge < -0.3 is 5.73 Å². The van der Waals surface area contributed by atoms with Crippen LogP contribution in [-0.2, 0) is 0 Å². The molecule has 0 unspecified atom stereocenters. The second kappa shape index (κ2) is 6.78. The van der Waals surface area contributed by atoms with Crippen molar-refractivity contribution in [3.05, 3.63) is 0 Å². The van der Waals surface area contributed by atoms with Crippen LogP contribution in [0.2, 0.25) is 0 Å². The summed E-state index contributed by atoms with van der Waals surface area (Å²) in [6.45, 7) is 0.809. The molecule has 56 valence electrons. The predicted molar refractivity (Wildman–Crippen MR) is 49.3 cm³/mol. The van der Waals surface area contributed by atoms with Gasteiger partial charge in [0.15, 0.2) is 0 Å². The Labute approximate surface area is 68.2 Å². The molecule has 0 spiro atoms. The van der Waals surface area contributed by atoms with Crippen LogP contribution >= 0.6 is 25.3 Å². The average molecular weight is 165 g/mol. The molecule has 3 heteroatoms. The molecule has 0 radical (unpaired) electrons. The van der Waals surface area contributed by atoms with Crippen molar-refractivity contribution in [2.75, 3.05) is 6.54 Å². The normalized spacial score (nSPS) is 10.7. The van der Waals surface area contributed by atoms with Crippen LogP contribution in [-0.4, -0.2) is 11.1 Å². The Kier molecular flexibility index (Phi) is 7.27. The van der Waals surface area contributed by atoms with Gasteiger partial charge in [0.05, 0.1) is 0 Å². The van der Waals surface area contributed by atoms with Crippen molar-refractivity contribution in [1.82, 2.24) is 0 Å². The Hall–Kier alpha value is 0.660. The van der Waals surface area contributed by atoms with Crippen LogP contribution in [0.5, 0.6) is 0 Å². The van der Waals surface area contributed by atoms with Crippen molar-refractivity contribution in [3.8, 4) is 0 Å². The van der Waals surface area contributed by atoms with Crippen LogP contribution in [0.1, 0.15) is 25.7 Å². The first-order chi connectivity index (χ1) is 4.27. The molecule has 0 atom stereocenters. The molecule has 0 saturated carbocycles. The molecule has 0 aromatic carbocycles. The molecular formula is C6H15NS2. The van der Waals surface area contributed by atoms with Crippen molar-refractivity contribution in [2.24, 2.45) is 5.73 Å². The van der Waals surface area contributed by atoms with Gasteiger partial charge in [-0.05, 0) is 19.4 Å². The first-order valence-corrected chi connectivity index (χ1v) is 4.37. The number of nitrogens with two attached hydrogens (primary N) is 1. The Morgan fingerprint density at radius 3 is 2.22 bits per heavy atom. The lowest BCUT2D eigenvalue weighted by Crippen LogP contribution is -1.98. The Bertz CT molecular complexity index is 57.0. The minimum atomic E-state index is 0.253. The van der Waals surface area contributed by atoms with Gasteiger partial charge in [0, 0.05) is 4.58 Å². The molecule has 0 rings (SSSR count). The van der Waals surface area contributed by atoms with Crippen LogP contribution in [0.3, 0.4) is 0 Å². The number of unbranched alkanes of at least 4 members (excludes halogenated alkanes) is 2. The second-order valence-corrected chi connectivity index (χ2v) is 3.77. The molecule has 0 bridgehead atoms. The molecule has 2 N–H and O–H groups in total. The lowest BCUT2D eigenvalue weighted by molar-refractivity contribution is 0.672. The summed E-state index contributed by atoms with van der Waals surface area (Å²) < 4.78 is 0.253. The van der Waals surface area contributed by atoms with Crippen molar-refractivity contribution in [1.29, 1.82) is 0 Å². The van der Waals surface area contributed by atoms with Gasteiger partial charge in [-0.15, -0.1) is 0 Å². The lowest BCUT2D eigenvalue weighted by Gasteiger charge is -2.00. The van der Waals surface area contributed by atoms with Gasteiger partial charge >= 0.3 is 0 Å². The molecule has 0 heterocycles. The third-order valence-corrected chi connectivity index (χ3v) is 1.68. The fourth-order valence-corrected chi connectivity index (χ4v) is 1.01. The lowest BCUT2D eigenvalue weighted by atomic mass is 10.2. The number of rotatable bonds is 5. The fourth-order valence-electron chi connectivity index (χ4n) is 0.648. The van der Waals surface area contributed by atoms with Crippen molar-refractivity contribution < 1.29 is 0 Å². The first kappa shape index (κ1) is 9.66. The predicted octanol–water partition coefficient (Wildman–Crippen LogP) is 1.69. The van der Waals surface area contributed by atoms with Gasteiger partial charge in [0.2, 0.25) is 0 Å². The van der Waals surface area contributed by atoms with E-state index in [9.17, 15) is 0 Å². The van der Waals surface area contributed by atoms with E-state index < -0.39 is 0 Å². The summed E-state index contributed by atoms with van der Waals surface area (Å²) in [7, 11) is 0. The molecule has 0 aliphatic rings. The molecule has 9 heavy (non-hydrogen) atoms. The van der Waals surface area contributed by atoms with Crippen LogP contribution < -0.4 is 5.73 Å². The highest BCUT2D eigenvalue weighted by Crippen LogP contribution is 2.10. The topological polar surface area (TPSA) is 26.0 Å². The third kappa shape index (κ3) is 8.66. The van der Waals surface area contributed by atoms with Crippen molar-refractivity contribution in [2.45, 2.75) is 30.3 Å². The van der Waals surface area contributed by atoms with Gasteiger partial charge in [-0.25, -0.2) is 0 Å². The molecule has 0 aromatic heterocycles. The van der Waals surface area contributed by atoms with Crippen molar-refractivity contribution in [3.63, 3.8) is 0 Å². The maximum atomic E-state index is 5.31. The van der Waals surface area contributed by atoms with Gasteiger partial charge in [-0.1, -0.05) is 12.8 Å². The molecule has 0 saturated heterocycles. The summed E-state index contributed by atoms with van der Waals surface area (Å²) in [4.78, 5) is 0. The zero-order valence-corrected chi connectivity index (χ0v) is 7.37. The Morgan fingerprint density at radius 2 is 1.78 bits per heavy atom.